The maximum atomic E-state index is 12.6. The van der Waals surface area contributed by atoms with Gasteiger partial charge in [-0.3, -0.25) is 19.4 Å². The minimum Gasteiger partial charge on any atom is -0.497 e. The SMILES string of the molecule is CCCN=C(N)N.COc1cccc(CC(=O)NC(CC(C)C)c2nc(C(=O)NCC(=O)O)c(C)o2)c1. The summed E-state index contributed by atoms with van der Waals surface area (Å²) in [6, 6.07) is 6.71. The van der Waals surface area contributed by atoms with E-state index in [9.17, 15) is 14.4 Å². The zero-order valence-electron chi connectivity index (χ0n) is 22.0. The van der Waals surface area contributed by atoms with Gasteiger partial charge in [-0.2, -0.15) is 0 Å². The van der Waals surface area contributed by atoms with Crippen molar-refractivity contribution in [1.29, 1.82) is 0 Å². The van der Waals surface area contributed by atoms with Gasteiger partial charge in [0, 0.05) is 6.54 Å². The molecular formula is C25H38N6O6. The van der Waals surface area contributed by atoms with Crippen LogP contribution in [0.4, 0.5) is 0 Å². The van der Waals surface area contributed by atoms with Gasteiger partial charge in [0.25, 0.3) is 5.91 Å². The largest absolute Gasteiger partial charge is 0.497 e. The van der Waals surface area contributed by atoms with Gasteiger partial charge in [-0.1, -0.05) is 32.9 Å². The number of oxazole rings is 1. The number of aromatic nitrogens is 1. The van der Waals surface area contributed by atoms with Crippen LogP contribution in [0.25, 0.3) is 0 Å². The fourth-order valence-corrected chi connectivity index (χ4v) is 3.16. The summed E-state index contributed by atoms with van der Waals surface area (Å²) in [6.07, 6.45) is 1.70. The molecule has 1 heterocycles. The van der Waals surface area contributed by atoms with Crippen LogP contribution in [0.15, 0.2) is 33.7 Å². The number of hydrogen-bond donors (Lipinski definition) is 5. The Kier molecular flexibility index (Phi) is 13.2. The van der Waals surface area contributed by atoms with E-state index in [0.717, 1.165) is 18.5 Å². The molecule has 0 radical (unpaired) electrons. The van der Waals surface area contributed by atoms with Gasteiger partial charge in [0.1, 0.15) is 24.1 Å². The van der Waals surface area contributed by atoms with Gasteiger partial charge in [-0.05, 0) is 43.4 Å². The average molecular weight is 519 g/mol. The lowest BCUT2D eigenvalue weighted by Gasteiger charge is -2.18. The van der Waals surface area contributed by atoms with Crippen molar-refractivity contribution in [3.8, 4) is 5.75 Å². The number of rotatable bonds is 12. The Hall–Kier alpha value is -4.09. The summed E-state index contributed by atoms with van der Waals surface area (Å²) in [7, 11) is 1.56. The number of carbonyl (C=O) groups excluding carboxylic acids is 2. The molecule has 0 spiro atoms. The lowest BCUT2D eigenvalue weighted by molar-refractivity contribution is -0.135. The third kappa shape index (κ3) is 11.9. The van der Waals surface area contributed by atoms with Crippen molar-refractivity contribution in [1.82, 2.24) is 15.6 Å². The Labute approximate surface area is 216 Å². The summed E-state index contributed by atoms with van der Waals surface area (Å²) in [4.78, 5) is 43.4. The minimum atomic E-state index is -1.16. The summed E-state index contributed by atoms with van der Waals surface area (Å²) < 4.78 is 10.8. The number of aryl methyl sites for hydroxylation is 1. The second-order valence-corrected chi connectivity index (χ2v) is 8.62. The van der Waals surface area contributed by atoms with Crippen LogP contribution in [-0.2, 0) is 16.0 Å². The molecule has 0 fully saturated rings. The highest BCUT2D eigenvalue weighted by Gasteiger charge is 2.25. The number of carboxylic acids is 1. The number of guanidine groups is 1. The van der Waals surface area contributed by atoms with E-state index in [1.807, 2.05) is 32.9 Å². The monoisotopic (exact) mass is 518 g/mol. The first-order valence-electron chi connectivity index (χ1n) is 11.9. The first-order valence-corrected chi connectivity index (χ1v) is 11.9. The number of nitrogens with two attached hydrogens (primary N) is 2. The van der Waals surface area contributed by atoms with Crippen LogP contribution in [0.2, 0.25) is 0 Å². The third-order valence-corrected chi connectivity index (χ3v) is 4.79. The summed E-state index contributed by atoms with van der Waals surface area (Å²) in [5.41, 5.74) is 10.8. The van der Waals surface area contributed by atoms with Gasteiger partial charge in [-0.25, -0.2) is 4.98 Å². The number of aliphatic carboxylic acids is 1. The Bertz CT molecular complexity index is 1060. The molecule has 2 aromatic rings. The first kappa shape index (κ1) is 30.9. The predicted octanol–water partition coefficient (Wildman–Crippen LogP) is 1.92. The van der Waals surface area contributed by atoms with E-state index in [1.165, 1.54) is 0 Å². The molecule has 1 aromatic heterocycles. The number of carboxylic acid groups (broad SMARTS) is 1. The molecule has 37 heavy (non-hydrogen) atoms. The first-order chi connectivity index (χ1) is 17.5. The Morgan fingerprint density at radius 3 is 2.49 bits per heavy atom. The summed E-state index contributed by atoms with van der Waals surface area (Å²) >= 11 is 0. The highest BCUT2D eigenvalue weighted by molar-refractivity contribution is 5.94. The standard InChI is InChI=1S/C21H27N3O6.C4H11N3/c1-12(2)8-16(23-17(25)10-14-6-5-7-15(9-14)29-4)21-24-19(13(3)30-21)20(28)22-11-18(26)27;1-2-3-7-4(5)6/h5-7,9,12,16H,8,10-11H2,1-4H3,(H,22,28)(H,23,25)(H,26,27);2-3H2,1H3,(H4,5,6,7). The summed E-state index contributed by atoms with van der Waals surface area (Å²) in [5.74, 6) is -0.487. The third-order valence-electron chi connectivity index (χ3n) is 4.79. The molecule has 1 unspecified atom stereocenters. The van der Waals surface area contributed by atoms with E-state index in [4.69, 9.17) is 25.7 Å². The van der Waals surface area contributed by atoms with Crippen molar-refractivity contribution in [2.45, 2.75) is 53.0 Å². The molecule has 0 aliphatic heterocycles. The number of aliphatic imine (C=N–C) groups is 1. The average Bonchev–Trinajstić information content (AvgIpc) is 3.22. The van der Waals surface area contributed by atoms with E-state index in [-0.39, 0.29) is 41.6 Å². The van der Waals surface area contributed by atoms with Gasteiger partial charge < -0.3 is 36.4 Å². The molecule has 2 amide bonds. The smallest absolute Gasteiger partial charge is 0.322 e. The number of carbonyl (C=O) groups is 3. The molecule has 12 heteroatoms. The van der Waals surface area contributed by atoms with Gasteiger partial charge in [-0.15, -0.1) is 0 Å². The predicted molar refractivity (Wildman–Crippen MR) is 139 cm³/mol. The molecule has 7 N–H and O–H groups in total. The molecule has 0 saturated heterocycles. The van der Waals surface area contributed by atoms with Crippen LogP contribution in [0.5, 0.6) is 5.75 Å². The fraction of sp³-hybridized carbons (Fsp3) is 0.480. The lowest BCUT2D eigenvalue weighted by atomic mass is 10.0. The van der Waals surface area contributed by atoms with E-state index in [0.29, 0.717) is 12.2 Å². The van der Waals surface area contributed by atoms with E-state index < -0.39 is 24.5 Å². The Balaban J connectivity index is 0.000000856. The van der Waals surface area contributed by atoms with Crippen molar-refractivity contribution >= 4 is 23.7 Å². The number of nitrogens with zero attached hydrogens (tertiary/aromatic N) is 2. The maximum Gasteiger partial charge on any atom is 0.322 e. The van der Waals surface area contributed by atoms with Gasteiger partial charge in [0.05, 0.1) is 13.5 Å². The molecule has 204 valence electrons. The number of benzene rings is 1. The number of ether oxygens (including phenoxy) is 1. The van der Waals surface area contributed by atoms with Crippen LogP contribution in [0.3, 0.4) is 0 Å². The van der Waals surface area contributed by atoms with Gasteiger partial charge in [0.15, 0.2) is 11.7 Å². The molecule has 2 rings (SSSR count). The molecule has 0 aliphatic carbocycles. The van der Waals surface area contributed by atoms with E-state index >= 15 is 0 Å². The quantitative estimate of drug-likeness (QED) is 0.206. The summed E-state index contributed by atoms with van der Waals surface area (Å²) in [5, 5.41) is 13.9. The van der Waals surface area contributed by atoms with Crippen LogP contribution in [0.1, 0.15) is 67.4 Å². The molecular weight excluding hydrogens is 480 g/mol. The van der Waals surface area contributed by atoms with Crippen LogP contribution in [0, 0.1) is 12.8 Å². The Morgan fingerprint density at radius 2 is 1.95 bits per heavy atom. The van der Waals surface area contributed by atoms with Crippen molar-refractivity contribution < 1.29 is 28.6 Å². The van der Waals surface area contributed by atoms with E-state index in [2.05, 4.69) is 20.6 Å². The number of hydrogen-bond acceptors (Lipinski definition) is 7. The maximum absolute atomic E-state index is 12.6. The topological polar surface area (TPSA) is 195 Å². The van der Waals surface area contributed by atoms with E-state index in [1.54, 1.807) is 26.2 Å². The summed E-state index contributed by atoms with van der Waals surface area (Å²) in [6.45, 7) is 7.80. The van der Waals surface area contributed by atoms with Crippen molar-refractivity contribution in [2.24, 2.45) is 22.4 Å². The zero-order valence-corrected chi connectivity index (χ0v) is 22.0. The van der Waals surface area contributed by atoms with Crippen LogP contribution >= 0.6 is 0 Å². The van der Waals surface area contributed by atoms with Gasteiger partial charge >= 0.3 is 5.97 Å². The highest BCUT2D eigenvalue weighted by atomic mass is 16.5. The minimum absolute atomic E-state index is 0.00190. The molecule has 0 aliphatic rings. The lowest BCUT2D eigenvalue weighted by Crippen LogP contribution is -2.31. The van der Waals surface area contributed by atoms with Gasteiger partial charge in [0.2, 0.25) is 11.8 Å². The van der Waals surface area contributed by atoms with Crippen LogP contribution in [-0.4, -0.2) is 54.0 Å². The second-order valence-electron chi connectivity index (χ2n) is 8.62. The van der Waals surface area contributed by atoms with Crippen LogP contribution < -0.4 is 26.8 Å². The molecule has 1 aromatic carbocycles. The molecule has 1 atom stereocenters. The van der Waals surface area contributed by atoms with Crippen molar-refractivity contribution in [3.05, 3.63) is 47.2 Å². The number of amides is 2. The fourth-order valence-electron chi connectivity index (χ4n) is 3.16. The Morgan fingerprint density at radius 1 is 1.24 bits per heavy atom. The van der Waals surface area contributed by atoms with Crippen molar-refractivity contribution in [3.63, 3.8) is 0 Å². The second kappa shape index (κ2) is 15.8. The number of methoxy groups -OCH3 is 1. The highest BCUT2D eigenvalue weighted by Crippen LogP contribution is 2.23. The molecule has 0 bridgehead atoms. The molecule has 0 saturated carbocycles. The zero-order chi connectivity index (χ0) is 28.0. The number of nitrogens with one attached hydrogen (secondary N) is 2. The normalized spacial score (nSPS) is 11.1. The molecule has 12 nitrogen and oxygen atoms in total. The van der Waals surface area contributed by atoms with Crippen molar-refractivity contribution in [2.75, 3.05) is 20.2 Å².